The van der Waals surface area contributed by atoms with Crippen molar-refractivity contribution in [2.45, 2.75) is 6.10 Å². The van der Waals surface area contributed by atoms with Gasteiger partial charge >= 0.3 is 16.1 Å². The van der Waals surface area contributed by atoms with E-state index in [0.29, 0.717) is 16.1 Å². The largest absolute Gasteiger partial charge is 0.422 e. The Hall–Kier alpha value is -3.74. The average molecular weight is 504 g/mol. The molecular weight excluding hydrogens is 486 g/mol. The van der Waals surface area contributed by atoms with Crippen LogP contribution < -0.4 is 14.8 Å². The Morgan fingerprint density at radius 1 is 1.18 bits per heavy atom. The molecule has 1 atom stereocenters. The van der Waals surface area contributed by atoms with E-state index in [1.807, 2.05) is 0 Å². The van der Waals surface area contributed by atoms with Crippen molar-refractivity contribution in [3.8, 4) is 17.3 Å². The molecule has 3 aromatic heterocycles. The molecule has 1 amide bonds. The van der Waals surface area contributed by atoms with Gasteiger partial charge in [0.15, 0.2) is 23.2 Å². The lowest BCUT2D eigenvalue weighted by Gasteiger charge is -2.13. The van der Waals surface area contributed by atoms with Gasteiger partial charge in [0.1, 0.15) is 5.69 Å². The summed E-state index contributed by atoms with van der Waals surface area (Å²) in [5, 5.41) is 25.2. The number of rotatable bonds is 7. The van der Waals surface area contributed by atoms with Gasteiger partial charge in [0.2, 0.25) is 0 Å². The quantitative estimate of drug-likeness (QED) is 0.320. The van der Waals surface area contributed by atoms with E-state index in [2.05, 4.69) is 25.8 Å². The molecule has 0 saturated carbocycles. The highest BCUT2D eigenvalue weighted by Crippen LogP contribution is 2.38. The highest BCUT2D eigenvalue weighted by Gasteiger charge is 2.26. The Kier molecular flexibility index (Phi) is 6.37. The maximum atomic E-state index is 12.0. The Labute approximate surface area is 198 Å². The zero-order valence-electron chi connectivity index (χ0n) is 17.8. The number of carbonyl (C=O) groups excluding carboxylic acids is 1. The van der Waals surface area contributed by atoms with E-state index < -0.39 is 22.1 Å². The number of furan rings is 1. The molecule has 0 saturated heterocycles. The van der Waals surface area contributed by atoms with Gasteiger partial charge in [0, 0.05) is 35.6 Å². The number of amides is 1. The number of hydrogen-bond acceptors (Lipinski definition) is 10. The zero-order valence-corrected chi connectivity index (χ0v) is 19.4. The molecule has 0 radical (unpaired) electrons. The standard InChI is InChI=1S/C21H18ClN5O6S/c1-23-21(29)18(28)13-4-3-9-24-16(13)17-19-14(10-15(32-19)33-34(2,30)31)20(27-26-17)25-12-7-5-11(22)6-8-12/h3-10,18,28H,1-2H3,(H,23,29)(H,25,27). The van der Waals surface area contributed by atoms with Gasteiger partial charge in [-0.15, -0.1) is 10.2 Å². The number of fused-ring (bicyclic) bond motifs is 1. The van der Waals surface area contributed by atoms with Crippen molar-refractivity contribution in [3.63, 3.8) is 0 Å². The number of aliphatic hydroxyl groups excluding tert-OH is 1. The van der Waals surface area contributed by atoms with Gasteiger partial charge in [-0.2, -0.15) is 8.42 Å². The average Bonchev–Trinajstić information content (AvgIpc) is 3.22. The summed E-state index contributed by atoms with van der Waals surface area (Å²) in [6, 6.07) is 11.2. The number of anilines is 2. The summed E-state index contributed by atoms with van der Waals surface area (Å²) in [6.45, 7) is 0. The lowest BCUT2D eigenvalue weighted by atomic mass is 10.0. The summed E-state index contributed by atoms with van der Waals surface area (Å²) < 4.78 is 33.9. The number of hydrogen-bond donors (Lipinski definition) is 3. The number of likely N-dealkylation sites (N-methyl/N-ethyl adjacent to an activating group) is 1. The number of aromatic nitrogens is 3. The van der Waals surface area contributed by atoms with Crippen LogP contribution in [-0.2, 0) is 14.9 Å². The molecule has 0 bridgehead atoms. The van der Waals surface area contributed by atoms with Crippen LogP contribution >= 0.6 is 11.6 Å². The second-order valence-electron chi connectivity index (χ2n) is 7.08. The number of nitrogens with one attached hydrogen (secondary N) is 2. The summed E-state index contributed by atoms with van der Waals surface area (Å²) in [5.74, 6) is -0.741. The number of pyridine rings is 1. The van der Waals surface area contributed by atoms with Crippen molar-refractivity contribution in [2.75, 3.05) is 18.6 Å². The van der Waals surface area contributed by atoms with Gasteiger partial charge < -0.3 is 24.3 Å². The van der Waals surface area contributed by atoms with E-state index in [0.717, 1.165) is 6.26 Å². The van der Waals surface area contributed by atoms with Gasteiger partial charge in [0.05, 0.1) is 11.6 Å². The normalized spacial score (nSPS) is 12.4. The first-order valence-electron chi connectivity index (χ1n) is 9.73. The fourth-order valence-electron chi connectivity index (χ4n) is 3.14. The molecule has 0 aliphatic carbocycles. The molecule has 1 unspecified atom stereocenters. The number of benzene rings is 1. The topological polar surface area (TPSA) is 157 Å². The van der Waals surface area contributed by atoms with Crippen LogP contribution in [0.1, 0.15) is 11.7 Å². The first-order valence-corrected chi connectivity index (χ1v) is 11.9. The monoisotopic (exact) mass is 503 g/mol. The second-order valence-corrected chi connectivity index (χ2v) is 9.09. The lowest BCUT2D eigenvalue weighted by molar-refractivity contribution is -0.129. The highest BCUT2D eigenvalue weighted by atomic mass is 35.5. The molecule has 0 aliphatic rings. The van der Waals surface area contributed by atoms with E-state index >= 15 is 0 Å². The van der Waals surface area contributed by atoms with Gasteiger partial charge in [-0.05, 0) is 30.3 Å². The molecular formula is C21H18ClN5O6S. The number of carbonyl (C=O) groups is 1. The van der Waals surface area contributed by atoms with E-state index in [4.69, 9.17) is 20.2 Å². The maximum absolute atomic E-state index is 12.0. The molecule has 1 aromatic carbocycles. The molecule has 34 heavy (non-hydrogen) atoms. The summed E-state index contributed by atoms with van der Waals surface area (Å²) in [5.41, 5.74) is 1.05. The first kappa shape index (κ1) is 23.4. The van der Waals surface area contributed by atoms with Crippen LogP contribution in [0, 0.1) is 0 Å². The maximum Gasteiger partial charge on any atom is 0.308 e. The SMILES string of the molecule is CNC(=O)C(O)c1cccnc1-c1nnc(Nc2ccc(Cl)cc2)c2cc(OS(C)(=O)=O)oc12. The van der Waals surface area contributed by atoms with Crippen LogP contribution in [-0.4, -0.2) is 47.9 Å². The van der Waals surface area contributed by atoms with Gasteiger partial charge in [-0.25, -0.2) is 0 Å². The Balaban J connectivity index is 1.89. The highest BCUT2D eigenvalue weighted by molar-refractivity contribution is 7.86. The van der Waals surface area contributed by atoms with E-state index in [-0.39, 0.29) is 34.3 Å². The Morgan fingerprint density at radius 3 is 2.59 bits per heavy atom. The van der Waals surface area contributed by atoms with Crippen LogP contribution in [0.5, 0.6) is 5.95 Å². The molecule has 0 aliphatic heterocycles. The smallest absolute Gasteiger partial charge is 0.308 e. The molecule has 176 valence electrons. The van der Waals surface area contributed by atoms with Crippen molar-refractivity contribution in [1.82, 2.24) is 20.5 Å². The lowest BCUT2D eigenvalue weighted by Crippen LogP contribution is -2.26. The third kappa shape index (κ3) is 4.93. The van der Waals surface area contributed by atoms with Crippen LogP contribution in [0.25, 0.3) is 22.4 Å². The number of halogens is 1. The van der Waals surface area contributed by atoms with Crippen molar-refractivity contribution in [1.29, 1.82) is 0 Å². The first-order chi connectivity index (χ1) is 16.2. The minimum Gasteiger partial charge on any atom is -0.422 e. The van der Waals surface area contributed by atoms with Crippen molar-refractivity contribution >= 4 is 50.1 Å². The second kappa shape index (κ2) is 9.25. The molecule has 13 heteroatoms. The van der Waals surface area contributed by atoms with E-state index in [1.54, 1.807) is 30.3 Å². The van der Waals surface area contributed by atoms with Crippen molar-refractivity contribution in [3.05, 3.63) is 59.2 Å². The van der Waals surface area contributed by atoms with E-state index in [9.17, 15) is 18.3 Å². The number of aliphatic hydroxyl groups is 1. The summed E-state index contributed by atoms with van der Waals surface area (Å²) in [7, 11) is -2.51. The summed E-state index contributed by atoms with van der Waals surface area (Å²) in [4.78, 5) is 16.3. The third-order valence-electron chi connectivity index (χ3n) is 4.62. The Bertz CT molecular complexity index is 1470. The minimum atomic E-state index is -3.89. The summed E-state index contributed by atoms with van der Waals surface area (Å²) >= 11 is 5.94. The van der Waals surface area contributed by atoms with Crippen LogP contribution in [0.3, 0.4) is 0 Å². The zero-order chi connectivity index (χ0) is 24.5. The molecule has 0 fully saturated rings. The molecule has 3 N–H and O–H groups in total. The molecule has 11 nitrogen and oxygen atoms in total. The van der Waals surface area contributed by atoms with Gasteiger partial charge in [-0.3, -0.25) is 9.78 Å². The number of nitrogens with zero attached hydrogens (tertiary/aromatic N) is 3. The van der Waals surface area contributed by atoms with E-state index in [1.165, 1.54) is 25.4 Å². The Morgan fingerprint density at radius 2 is 1.91 bits per heavy atom. The van der Waals surface area contributed by atoms with Crippen LogP contribution in [0.15, 0.2) is 53.1 Å². The molecule has 4 aromatic rings. The minimum absolute atomic E-state index is 0.0681. The van der Waals surface area contributed by atoms with Gasteiger partial charge in [0.25, 0.3) is 5.91 Å². The predicted octanol–water partition coefficient (Wildman–Crippen LogP) is 2.80. The summed E-state index contributed by atoms with van der Waals surface area (Å²) in [6.07, 6.45) is 0.778. The third-order valence-corrected chi connectivity index (χ3v) is 5.34. The van der Waals surface area contributed by atoms with Crippen molar-refractivity contribution in [2.24, 2.45) is 0 Å². The van der Waals surface area contributed by atoms with Crippen LogP contribution in [0.2, 0.25) is 5.02 Å². The van der Waals surface area contributed by atoms with Crippen LogP contribution in [0.4, 0.5) is 11.5 Å². The fourth-order valence-corrected chi connectivity index (χ4v) is 3.65. The van der Waals surface area contributed by atoms with Gasteiger partial charge in [-0.1, -0.05) is 17.7 Å². The molecule has 3 heterocycles. The molecule has 4 rings (SSSR count). The predicted molar refractivity (Wildman–Crippen MR) is 124 cm³/mol. The molecule has 0 spiro atoms. The van der Waals surface area contributed by atoms with Crippen molar-refractivity contribution < 1.29 is 26.9 Å². The fraction of sp³-hybridized carbons (Fsp3) is 0.143.